The van der Waals surface area contributed by atoms with E-state index < -0.39 is 0 Å². The first kappa shape index (κ1) is 7.76. The van der Waals surface area contributed by atoms with Crippen LogP contribution in [0.1, 0.15) is 15.2 Å². The summed E-state index contributed by atoms with van der Waals surface area (Å²) in [5.74, 6) is 0.836. The molecule has 0 radical (unpaired) electrons. The summed E-state index contributed by atoms with van der Waals surface area (Å²) in [4.78, 5) is 12.3. The molecule has 0 bridgehead atoms. The van der Waals surface area contributed by atoms with Crippen LogP contribution in [0.25, 0.3) is 0 Å². The Labute approximate surface area is 74.1 Å². The molecule has 0 unspecified atom stereocenters. The lowest BCUT2D eigenvalue weighted by molar-refractivity contribution is 0.0960. The molecular weight excluding hydrogens is 174 g/mol. The summed E-state index contributed by atoms with van der Waals surface area (Å²) in [7, 11) is 0. The van der Waals surface area contributed by atoms with Gasteiger partial charge >= 0.3 is 0 Å². The Morgan fingerprint density at radius 1 is 1.67 bits per heavy atom. The van der Waals surface area contributed by atoms with Crippen molar-refractivity contribution < 1.29 is 9.53 Å². The number of fused-ring (bicyclic) bond motifs is 1. The van der Waals surface area contributed by atoms with Crippen molar-refractivity contribution in [1.82, 2.24) is 0 Å². The summed E-state index contributed by atoms with van der Waals surface area (Å²) in [5.41, 5.74) is 6.18. The lowest BCUT2D eigenvalue weighted by Gasteiger charge is -1.93. The van der Waals surface area contributed by atoms with Crippen LogP contribution in [-0.2, 0) is 6.42 Å². The second kappa shape index (κ2) is 2.88. The quantitative estimate of drug-likeness (QED) is 0.738. The molecule has 0 saturated heterocycles. The van der Waals surface area contributed by atoms with Gasteiger partial charge in [-0.2, -0.15) is 0 Å². The Kier molecular flexibility index (Phi) is 1.86. The second-order valence-electron chi connectivity index (χ2n) is 2.65. The fourth-order valence-corrected chi connectivity index (χ4v) is 2.31. The van der Waals surface area contributed by atoms with E-state index in [4.69, 9.17) is 10.5 Å². The molecule has 0 aromatic carbocycles. The molecule has 0 spiro atoms. The van der Waals surface area contributed by atoms with Gasteiger partial charge in [0.15, 0.2) is 6.61 Å². The zero-order valence-corrected chi connectivity index (χ0v) is 7.32. The van der Waals surface area contributed by atoms with Crippen LogP contribution >= 0.6 is 11.3 Å². The number of nitrogens with two attached hydrogens (primary N) is 1. The number of ether oxygens (including phenoxy) is 1. The van der Waals surface area contributed by atoms with Gasteiger partial charge in [-0.15, -0.1) is 11.3 Å². The highest BCUT2D eigenvalue weighted by Crippen LogP contribution is 2.33. The number of ketones is 1. The molecule has 1 aromatic heterocycles. The van der Waals surface area contributed by atoms with E-state index in [1.54, 1.807) is 11.3 Å². The maximum absolute atomic E-state index is 11.3. The highest BCUT2D eigenvalue weighted by atomic mass is 32.1. The monoisotopic (exact) mass is 183 g/mol. The van der Waals surface area contributed by atoms with Gasteiger partial charge in [0, 0.05) is 10.3 Å². The van der Waals surface area contributed by atoms with E-state index in [0.717, 1.165) is 22.6 Å². The minimum Gasteiger partial charge on any atom is -0.484 e. The lowest BCUT2D eigenvalue weighted by Crippen LogP contribution is -2.06. The molecule has 1 aromatic rings. The Morgan fingerprint density at radius 3 is 3.25 bits per heavy atom. The third-order valence-corrected chi connectivity index (χ3v) is 2.87. The molecule has 12 heavy (non-hydrogen) atoms. The van der Waals surface area contributed by atoms with E-state index in [9.17, 15) is 4.79 Å². The van der Waals surface area contributed by atoms with Gasteiger partial charge < -0.3 is 10.5 Å². The van der Waals surface area contributed by atoms with Gasteiger partial charge in [0.05, 0.1) is 5.56 Å². The molecule has 4 heteroatoms. The van der Waals surface area contributed by atoms with Crippen molar-refractivity contribution >= 4 is 17.1 Å². The molecule has 0 fully saturated rings. The van der Waals surface area contributed by atoms with E-state index in [1.807, 2.05) is 5.38 Å². The molecule has 0 aliphatic carbocycles. The van der Waals surface area contributed by atoms with Crippen LogP contribution in [0.4, 0.5) is 0 Å². The van der Waals surface area contributed by atoms with Crippen LogP contribution in [0.2, 0.25) is 0 Å². The first-order valence-electron chi connectivity index (χ1n) is 3.79. The summed E-state index contributed by atoms with van der Waals surface area (Å²) in [6.45, 7) is 0.788. The number of rotatable bonds is 2. The van der Waals surface area contributed by atoms with E-state index in [2.05, 4.69) is 0 Å². The van der Waals surface area contributed by atoms with Crippen LogP contribution < -0.4 is 10.5 Å². The minimum absolute atomic E-state index is 0.0923. The molecule has 1 aliphatic rings. The molecule has 2 N–H and O–H groups in total. The van der Waals surface area contributed by atoms with Crippen LogP contribution in [-0.4, -0.2) is 18.9 Å². The fraction of sp³-hybridized carbons (Fsp3) is 0.375. The van der Waals surface area contributed by atoms with Gasteiger partial charge in [-0.05, 0) is 13.0 Å². The van der Waals surface area contributed by atoms with E-state index in [1.165, 1.54) is 0 Å². The van der Waals surface area contributed by atoms with Crippen molar-refractivity contribution in [3.05, 3.63) is 15.8 Å². The summed E-state index contributed by atoms with van der Waals surface area (Å²) < 4.78 is 5.16. The predicted octanol–water partition coefficient (Wildman–Crippen LogP) is 0.824. The first-order chi connectivity index (χ1) is 5.83. The van der Waals surface area contributed by atoms with Gasteiger partial charge in [-0.1, -0.05) is 0 Å². The fourth-order valence-electron chi connectivity index (χ4n) is 1.31. The third kappa shape index (κ3) is 1.04. The smallest absolute Gasteiger partial charge is 0.205 e. The van der Waals surface area contributed by atoms with Crippen LogP contribution in [0.3, 0.4) is 0 Å². The van der Waals surface area contributed by atoms with Crippen molar-refractivity contribution in [1.29, 1.82) is 0 Å². The van der Waals surface area contributed by atoms with Crippen LogP contribution in [0.15, 0.2) is 5.38 Å². The van der Waals surface area contributed by atoms with E-state index in [0.29, 0.717) is 6.54 Å². The van der Waals surface area contributed by atoms with Crippen molar-refractivity contribution in [3.63, 3.8) is 0 Å². The third-order valence-electron chi connectivity index (χ3n) is 1.84. The van der Waals surface area contributed by atoms with Gasteiger partial charge in [-0.25, -0.2) is 0 Å². The molecule has 2 heterocycles. The first-order valence-corrected chi connectivity index (χ1v) is 4.67. The standard InChI is InChI=1S/C8H9NO2S/c9-2-1-7-8-5(10)3-11-6(8)4-12-7/h4H,1-3,9H2. The predicted molar refractivity (Wildman–Crippen MR) is 46.9 cm³/mol. The van der Waals surface area contributed by atoms with E-state index >= 15 is 0 Å². The maximum Gasteiger partial charge on any atom is 0.205 e. The molecule has 0 atom stereocenters. The zero-order valence-electron chi connectivity index (χ0n) is 6.50. The number of hydrogen-bond acceptors (Lipinski definition) is 4. The summed E-state index contributed by atoms with van der Waals surface area (Å²) in [6.07, 6.45) is 0.773. The molecule has 2 rings (SSSR count). The number of thiophene rings is 1. The average molecular weight is 183 g/mol. The van der Waals surface area contributed by atoms with E-state index in [-0.39, 0.29) is 12.4 Å². The molecule has 1 aliphatic heterocycles. The summed E-state index contributed by atoms with van der Waals surface area (Å²) in [6, 6.07) is 0. The highest BCUT2D eigenvalue weighted by Gasteiger charge is 2.25. The molecular formula is C8H9NO2S. The second-order valence-corrected chi connectivity index (χ2v) is 3.61. The van der Waals surface area contributed by atoms with Crippen LogP contribution in [0, 0.1) is 0 Å². The van der Waals surface area contributed by atoms with Gasteiger partial charge in [0.2, 0.25) is 5.78 Å². The summed E-state index contributed by atoms with van der Waals surface area (Å²) >= 11 is 1.55. The van der Waals surface area contributed by atoms with Crippen LogP contribution in [0.5, 0.6) is 5.75 Å². The zero-order chi connectivity index (χ0) is 8.55. The van der Waals surface area contributed by atoms with Gasteiger partial charge in [0.1, 0.15) is 5.75 Å². The Balaban J connectivity index is 2.39. The SMILES string of the molecule is NCCc1scc2c1C(=O)CO2. The molecule has 0 saturated carbocycles. The minimum atomic E-state index is 0.0923. The maximum atomic E-state index is 11.3. The Bertz CT molecular complexity index is 319. The number of carbonyl (C=O) groups excluding carboxylic acids is 1. The molecule has 0 amide bonds. The van der Waals surface area contributed by atoms with Crippen molar-refractivity contribution in [2.45, 2.75) is 6.42 Å². The highest BCUT2D eigenvalue weighted by molar-refractivity contribution is 7.10. The Morgan fingerprint density at radius 2 is 2.50 bits per heavy atom. The largest absolute Gasteiger partial charge is 0.484 e. The summed E-state index contributed by atoms with van der Waals surface area (Å²) in [5, 5.41) is 1.88. The van der Waals surface area contributed by atoms with Gasteiger partial charge in [-0.3, -0.25) is 4.79 Å². The number of Topliss-reactive ketones (excluding diaryl/α,β-unsaturated/α-hetero) is 1. The number of carbonyl (C=O) groups is 1. The number of hydrogen-bond donors (Lipinski definition) is 1. The topological polar surface area (TPSA) is 52.3 Å². The van der Waals surface area contributed by atoms with Gasteiger partial charge in [0.25, 0.3) is 0 Å². The average Bonchev–Trinajstić information content (AvgIpc) is 2.58. The normalized spacial score (nSPS) is 14.6. The lowest BCUT2D eigenvalue weighted by atomic mass is 10.1. The van der Waals surface area contributed by atoms with Crippen molar-refractivity contribution in [2.24, 2.45) is 5.73 Å². The Hall–Kier alpha value is -0.870. The van der Waals surface area contributed by atoms with Crippen molar-refractivity contribution in [3.8, 4) is 5.75 Å². The molecule has 64 valence electrons. The van der Waals surface area contributed by atoms with Crippen molar-refractivity contribution in [2.75, 3.05) is 13.2 Å². The molecule has 3 nitrogen and oxygen atoms in total.